The zero-order chi connectivity index (χ0) is 15.2. The monoisotopic (exact) mass is 283 g/mol. The van der Waals surface area contributed by atoms with Crippen molar-refractivity contribution in [1.82, 2.24) is 5.32 Å². The Kier molecular flexibility index (Phi) is 6.60. The second kappa shape index (κ2) is 7.72. The summed E-state index contributed by atoms with van der Waals surface area (Å²) in [6.45, 7) is 9.14. The number of halogens is 2. The standard InChI is InChI=1S/C17H27F2N/c1-5-6-7-11-17(3,4)12-20-13(2)16-14(18)9-8-10-15(16)19/h8-10,13,20H,5-7,11-12H2,1-4H3. The maximum Gasteiger partial charge on any atom is 0.130 e. The molecule has 1 aromatic rings. The fraction of sp³-hybridized carbons (Fsp3) is 0.647. The van der Waals surface area contributed by atoms with Crippen LogP contribution in [0.4, 0.5) is 8.78 Å². The number of nitrogens with one attached hydrogen (secondary N) is 1. The lowest BCUT2D eigenvalue weighted by Gasteiger charge is -2.27. The van der Waals surface area contributed by atoms with Crippen LogP contribution in [0.2, 0.25) is 0 Å². The van der Waals surface area contributed by atoms with Crippen LogP contribution in [0.3, 0.4) is 0 Å². The van der Waals surface area contributed by atoms with E-state index in [2.05, 4.69) is 26.1 Å². The average Bonchev–Trinajstić information content (AvgIpc) is 2.36. The van der Waals surface area contributed by atoms with Crippen molar-refractivity contribution < 1.29 is 8.78 Å². The maximum atomic E-state index is 13.7. The molecule has 0 fully saturated rings. The topological polar surface area (TPSA) is 12.0 Å². The molecule has 0 radical (unpaired) electrons. The Morgan fingerprint density at radius 3 is 2.30 bits per heavy atom. The Balaban J connectivity index is 2.56. The lowest BCUT2D eigenvalue weighted by Crippen LogP contribution is -2.32. The molecule has 1 N–H and O–H groups in total. The molecular formula is C17H27F2N. The molecule has 0 aliphatic heterocycles. The number of hydrogen-bond acceptors (Lipinski definition) is 1. The average molecular weight is 283 g/mol. The minimum atomic E-state index is -0.478. The summed E-state index contributed by atoms with van der Waals surface area (Å²) in [7, 11) is 0. The third-order valence-electron chi connectivity index (χ3n) is 3.78. The Morgan fingerprint density at radius 2 is 1.75 bits per heavy atom. The van der Waals surface area contributed by atoms with Gasteiger partial charge in [-0.15, -0.1) is 0 Å². The summed E-state index contributed by atoms with van der Waals surface area (Å²) in [6, 6.07) is 3.70. The van der Waals surface area contributed by atoms with Gasteiger partial charge in [-0.25, -0.2) is 8.78 Å². The van der Waals surface area contributed by atoms with Crippen LogP contribution in [0.25, 0.3) is 0 Å². The maximum absolute atomic E-state index is 13.7. The van der Waals surface area contributed by atoms with Crippen molar-refractivity contribution in [2.75, 3.05) is 6.54 Å². The van der Waals surface area contributed by atoms with E-state index >= 15 is 0 Å². The molecular weight excluding hydrogens is 256 g/mol. The minimum Gasteiger partial charge on any atom is -0.309 e. The molecule has 0 saturated heterocycles. The number of benzene rings is 1. The second-order valence-electron chi connectivity index (χ2n) is 6.36. The van der Waals surface area contributed by atoms with Gasteiger partial charge < -0.3 is 5.32 Å². The van der Waals surface area contributed by atoms with Crippen LogP contribution in [0.1, 0.15) is 65.0 Å². The Hall–Kier alpha value is -0.960. The first-order valence-corrected chi connectivity index (χ1v) is 7.54. The molecule has 0 amide bonds. The van der Waals surface area contributed by atoms with Gasteiger partial charge in [0.25, 0.3) is 0 Å². The summed E-state index contributed by atoms with van der Waals surface area (Å²) in [5.74, 6) is -0.956. The first-order valence-electron chi connectivity index (χ1n) is 7.54. The molecule has 114 valence electrons. The summed E-state index contributed by atoms with van der Waals surface area (Å²) in [5, 5.41) is 3.27. The molecule has 0 spiro atoms. The van der Waals surface area contributed by atoms with Gasteiger partial charge in [-0.3, -0.25) is 0 Å². The highest BCUT2D eigenvalue weighted by Crippen LogP contribution is 2.25. The van der Waals surface area contributed by atoms with E-state index in [9.17, 15) is 8.78 Å². The van der Waals surface area contributed by atoms with E-state index < -0.39 is 11.6 Å². The van der Waals surface area contributed by atoms with Gasteiger partial charge in [0.1, 0.15) is 11.6 Å². The highest BCUT2D eigenvalue weighted by Gasteiger charge is 2.21. The highest BCUT2D eigenvalue weighted by molar-refractivity contribution is 5.22. The van der Waals surface area contributed by atoms with Crippen molar-refractivity contribution in [2.24, 2.45) is 5.41 Å². The van der Waals surface area contributed by atoms with E-state index in [1.807, 2.05) is 6.92 Å². The lowest BCUT2D eigenvalue weighted by molar-refractivity contribution is 0.288. The SMILES string of the molecule is CCCCCC(C)(C)CNC(C)c1c(F)cccc1F. The second-order valence-corrected chi connectivity index (χ2v) is 6.36. The summed E-state index contributed by atoms with van der Waals surface area (Å²) in [4.78, 5) is 0. The molecule has 1 unspecified atom stereocenters. The molecule has 1 atom stereocenters. The van der Waals surface area contributed by atoms with Crippen molar-refractivity contribution in [3.8, 4) is 0 Å². The van der Waals surface area contributed by atoms with E-state index in [4.69, 9.17) is 0 Å². The van der Waals surface area contributed by atoms with Crippen LogP contribution in [0, 0.1) is 17.0 Å². The number of hydrogen-bond donors (Lipinski definition) is 1. The largest absolute Gasteiger partial charge is 0.309 e. The van der Waals surface area contributed by atoms with Gasteiger partial charge in [0.2, 0.25) is 0 Å². The van der Waals surface area contributed by atoms with E-state index in [1.54, 1.807) is 0 Å². The zero-order valence-corrected chi connectivity index (χ0v) is 13.1. The molecule has 1 nitrogen and oxygen atoms in total. The molecule has 0 aliphatic carbocycles. The predicted octanol–water partition coefficient (Wildman–Crippen LogP) is 5.22. The van der Waals surface area contributed by atoms with E-state index in [0.29, 0.717) is 0 Å². The third-order valence-corrected chi connectivity index (χ3v) is 3.78. The van der Waals surface area contributed by atoms with Crippen molar-refractivity contribution in [1.29, 1.82) is 0 Å². The molecule has 3 heteroatoms. The first-order chi connectivity index (χ1) is 9.37. The van der Waals surface area contributed by atoms with Gasteiger partial charge in [-0.05, 0) is 30.9 Å². The van der Waals surface area contributed by atoms with Crippen LogP contribution < -0.4 is 5.32 Å². The van der Waals surface area contributed by atoms with Gasteiger partial charge in [-0.1, -0.05) is 46.1 Å². The molecule has 0 aliphatic rings. The van der Waals surface area contributed by atoms with E-state index in [1.165, 1.54) is 37.5 Å². The summed E-state index contributed by atoms with van der Waals surface area (Å²) >= 11 is 0. The van der Waals surface area contributed by atoms with Crippen molar-refractivity contribution in [3.63, 3.8) is 0 Å². The lowest BCUT2D eigenvalue weighted by atomic mass is 9.86. The quantitative estimate of drug-likeness (QED) is 0.645. The fourth-order valence-electron chi connectivity index (χ4n) is 2.40. The normalized spacial score (nSPS) is 13.5. The number of unbranched alkanes of at least 4 members (excludes halogenated alkanes) is 2. The summed E-state index contributed by atoms with van der Waals surface area (Å²) < 4.78 is 27.4. The van der Waals surface area contributed by atoms with Crippen molar-refractivity contribution in [3.05, 3.63) is 35.4 Å². The zero-order valence-electron chi connectivity index (χ0n) is 13.1. The molecule has 0 saturated carbocycles. The van der Waals surface area contributed by atoms with Crippen molar-refractivity contribution >= 4 is 0 Å². The molecule has 1 rings (SSSR count). The highest BCUT2D eigenvalue weighted by atomic mass is 19.1. The van der Waals surface area contributed by atoms with E-state index in [-0.39, 0.29) is 17.0 Å². The van der Waals surface area contributed by atoms with E-state index in [0.717, 1.165) is 13.0 Å². The van der Waals surface area contributed by atoms with Crippen LogP contribution in [0.5, 0.6) is 0 Å². The van der Waals surface area contributed by atoms with Gasteiger partial charge in [0.05, 0.1) is 0 Å². The molecule has 20 heavy (non-hydrogen) atoms. The van der Waals surface area contributed by atoms with Gasteiger partial charge in [-0.2, -0.15) is 0 Å². The summed E-state index contributed by atoms with van der Waals surface area (Å²) in [6.07, 6.45) is 4.77. The third kappa shape index (κ3) is 5.20. The van der Waals surface area contributed by atoms with Crippen molar-refractivity contribution in [2.45, 2.75) is 59.4 Å². The van der Waals surface area contributed by atoms with Gasteiger partial charge in [0.15, 0.2) is 0 Å². The van der Waals surface area contributed by atoms with Crippen LogP contribution >= 0.6 is 0 Å². The Morgan fingerprint density at radius 1 is 1.15 bits per heavy atom. The molecule has 1 aromatic carbocycles. The first kappa shape index (κ1) is 17.1. The number of rotatable bonds is 8. The Labute approximate surface area is 121 Å². The molecule has 0 aromatic heterocycles. The van der Waals surface area contributed by atoms with Crippen LogP contribution in [-0.2, 0) is 0 Å². The van der Waals surface area contributed by atoms with Crippen LogP contribution in [-0.4, -0.2) is 6.54 Å². The van der Waals surface area contributed by atoms with Gasteiger partial charge in [0, 0.05) is 18.2 Å². The van der Waals surface area contributed by atoms with Gasteiger partial charge >= 0.3 is 0 Å². The molecule has 0 bridgehead atoms. The molecule has 0 heterocycles. The Bertz CT molecular complexity index is 395. The predicted molar refractivity (Wildman–Crippen MR) is 80.7 cm³/mol. The summed E-state index contributed by atoms with van der Waals surface area (Å²) in [5.41, 5.74) is 0.280. The van der Waals surface area contributed by atoms with Crippen LogP contribution in [0.15, 0.2) is 18.2 Å². The smallest absolute Gasteiger partial charge is 0.130 e. The minimum absolute atomic E-state index is 0.136. The fourth-order valence-corrected chi connectivity index (χ4v) is 2.40.